The lowest BCUT2D eigenvalue weighted by atomic mass is 10.1. The van der Waals surface area contributed by atoms with E-state index in [-0.39, 0.29) is 17.7 Å². The number of amides is 3. The van der Waals surface area contributed by atoms with E-state index in [2.05, 4.69) is 5.32 Å². The Morgan fingerprint density at radius 1 is 0.818 bits per heavy atom. The highest BCUT2D eigenvalue weighted by atomic mass is 32.2. The van der Waals surface area contributed by atoms with E-state index in [1.165, 1.54) is 18.0 Å². The van der Waals surface area contributed by atoms with Gasteiger partial charge < -0.3 is 19.5 Å². The molecule has 1 aliphatic heterocycles. The summed E-state index contributed by atoms with van der Waals surface area (Å²) in [6.45, 7) is 1.93. The average Bonchev–Trinajstić information content (AvgIpc) is 3.39. The number of anilines is 1. The molecule has 0 radical (unpaired) electrons. The third-order valence-electron chi connectivity index (χ3n) is 5.35. The minimum Gasteiger partial charge on any atom is -0.459 e. The number of thioether (sulfide) groups is 1. The fraction of sp³-hybridized carbons (Fsp3) is 0.240. The van der Waals surface area contributed by atoms with Gasteiger partial charge in [-0.1, -0.05) is 30.3 Å². The van der Waals surface area contributed by atoms with Crippen LogP contribution < -0.4 is 5.32 Å². The molecule has 0 atom stereocenters. The molecule has 1 saturated heterocycles. The predicted octanol–water partition coefficient (Wildman–Crippen LogP) is 3.75. The second-order valence-electron chi connectivity index (χ2n) is 7.67. The van der Waals surface area contributed by atoms with Gasteiger partial charge in [-0.2, -0.15) is 0 Å². The minimum absolute atomic E-state index is 0.0392. The van der Waals surface area contributed by atoms with Crippen LogP contribution in [-0.2, 0) is 10.5 Å². The van der Waals surface area contributed by atoms with Crippen molar-refractivity contribution in [2.24, 2.45) is 0 Å². The number of para-hydroxylation sites is 1. The van der Waals surface area contributed by atoms with Crippen LogP contribution in [0.1, 0.15) is 26.5 Å². The van der Waals surface area contributed by atoms with Crippen molar-refractivity contribution in [1.82, 2.24) is 9.80 Å². The fourth-order valence-electron chi connectivity index (χ4n) is 3.57. The molecule has 0 unspecified atom stereocenters. The summed E-state index contributed by atoms with van der Waals surface area (Å²) in [7, 11) is 0. The molecule has 7 nitrogen and oxygen atoms in total. The first-order chi connectivity index (χ1) is 16.1. The van der Waals surface area contributed by atoms with Crippen molar-refractivity contribution in [2.75, 3.05) is 37.2 Å². The molecular formula is C25H25N3O4S. The summed E-state index contributed by atoms with van der Waals surface area (Å²) in [5, 5.41) is 2.87. The van der Waals surface area contributed by atoms with Crippen molar-refractivity contribution >= 4 is 35.2 Å². The minimum atomic E-state index is -0.147. The third kappa shape index (κ3) is 6.04. The second-order valence-corrected chi connectivity index (χ2v) is 8.65. The van der Waals surface area contributed by atoms with Gasteiger partial charge in [0.25, 0.3) is 11.8 Å². The van der Waals surface area contributed by atoms with Crippen LogP contribution >= 0.6 is 11.8 Å². The predicted molar refractivity (Wildman–Crippen MR) is 128 cm³/mol. The monoisotopic (exact) mass is 463 g/mol. The molecule has 1 fully saturated rings. The number of furan rings is 1. The fourth-order valence-corrected chi connectivity index (χ4v) is 4.36. The third-order valence-corrected chi connectivity index (χ3v) is 6.35. The summed E-state index contributed by atoms with van der Waals surface area (Å²) in [5.41, 5.74) is 2.46. The highest BCUT2D eigenvalue weighted by molar-refractivity contribution is 7.99. The Kier molecular flexibility index (Phi) is 7.47. The van der Waals surface area contributed by atoms with Crippen molar-refractivity contribution in [3.8, 4) is 0 Å². The molecule has 3 amide bonds. The summed E-state index contributed by atoms with van der Waals surface area (Å²) in [6.07, 6.45) is 1.48. The molecule has 2 aromatic carbocycles. The first-order valence-electron chi connectivity index (χ1n) is 10.7. The van der Waals surface area contributed by atoms with Gasteiger partial charge in [-0.25, -0.2) is 0 Å². The zero-order chi connectivity index (χ0) is 23.0. The van der Waals surface area contributed by atoms with Crippen LogP contribution in [0.5, 0.6) is 0 Å². The topological polar surface area (TPSA) is 82.9 Å². The normalized spacial score (nSPS) is 13.6. The molecule has 33 heavy (non-hydrogen) atoms. The molecule has 0 bridgehead atoms. The number of nitrogens with zero attached hydrogens (tertiary/aromatic N) is 2. The zero-order valence-electron chi connectivity index (χ0n) is 18.1. The molecule has 0 saturated carbocycles. The number of piperazine rings is 1. The van der Waals surface area contributed by atoms with Crippen molar-refractivity contribution in [1.29, 1.82) is 0 Å². The van der Waals surface area contributed by atoms with Crippen LogP contribution in [0.15, 0.2) is 77.4 Å². The lowest BCUT2D eigenvalue weighted by molar-refractivity contribution is -0.113. The lowest BCUT2D eigenvalue weighted by Gasteiger charge is -2.34. The van der Waals surface area contributed by atoms with Gasteiger partial charge in [-0.3, -0.25) is 14.4 Å². The van der Waals surface area contributed by atoms with Gasteiger partial charge in [0.15, 0.2) is 5.76 Å². The average molecular weight is 464 g/mol. The molecule has 1 aliphatic rings. The zero-order valence-corrected chi connectivity index (χ0v) is 18.9. The van der Waals surface area contributed by atoms with E-state index in [1.54, 1.807) is 21.9 Å². The number of hydrogen-bond acceptors (Lipinski definition) is 5. The maximum atomic E-state index is 12.8. The van der Waals surface area contributed by atoms with Crippen LogP contribution in [0, 0.1) is 0 Å². The molecule has 0 spiro atoms. The highest BCUT2D eigenvalue weighted by Gasteiger charge is 2.26. The highest BCUT2D eigenvalue weighted by Crippen LogP contribution is 2.16. The first-order valence-corrected chi connectivity index (χ1v) is 11.9. The van der Waals surface area contributed by atoms with E-state index < -0.39 is 0 Å². The second kappa shape index (κ2) is 10.9. The number of nitrogens with one attached hydrogen (secondary N) is 1. The van der Waals surface area contributed by atoms with Gasteiger partial charge in [0, 0.05) is 43.2 Å². The molecular weight excluding hydrogens is 438 g/mol. The SMILES string of the molecule is O=C(CSCc1ccc(C(=O)N2CCN(C(=O)c3ccco3)CC2)cc1)Nc1ccccc1. The summed E-state index contributed by atoms with van der Waals surface area (Å²) in [4.78, 5) is 40.7. The largest absolute Gasteiger partial charge is 0.459 e. The van der Waals surface area contributed by atoms with Gasteiger partial charge in [0.05, 0.1) is 12.0 Å². The van der Waals surface area contributed by atoms with Crippen LogP contribution in [0.3, 0.4) is 0 Å². The Balaban J connectivity index is 1.21. The maximum Gasteiger partial charge on any atom is 0.289 e. The van der Waals surface area contributed by atoms with Crippen molar-refractivity contribution < 1.29 is 18.8 Å². The van der Waals surface area contributed by atoms with Crippen LogP contribution in [0.25, 0.3) is 0 Å². The standard InChI is InChI=1S/C25H25N3O4S/c29-23(26-21-5-2-1-3-6-21)18-33-17-19-8-10-20(11-9-19)24(30)27-12-14-28(15-13-27)25(31)22-7-4-16-32-22/h1-11,16H,12-15,17-18H2,(H,26,29). The molecule has 8 heteroatoms. The van der Waals surface area contributed by atoms with Gasteiger partial charge in [-0.15, -0.1) is 11.8 Å². The first kappa shape index (κ1) is 22.7. The van der Waals surface area contributed by atoms with E-state index in [9.17, 15) is 14.4 Å². The molecule has 4 rings (SSSR count). The van der Waals surface area contributed by atoms with E-state index in [0.717, 1.165) is 11.3 Å². The number of hydrogen-bond donors (Lipinski definition) is 1. The molecule has 2 heterocycles. The molecule has 170 valence electrons. The summed E-state index contributed by atoms with van der Waals surface area (Å²) < 4.78 is 5.18. The van der Waals surface area contributed by atoms with Crippen LogP contribution in [0.4, 0.5) is 5.69 Å². The van der Waals surface area contributed by atoms with E-state index >= 15 is 0 Å². The molecule has 3 aromatic rings. The van der Waals surface area contributed by atoms with E-state index in [1.807, 2.05) is 54.6 Å². The summed E-state index contributed by atoms with van der Waals surface area (Å²) in [6, 6.07) is 20.2. The molecule has 1 N–H and O–H groups in total. The molecule has 0 aliphatic carbocycles. The van der Waals surface area contributed by atoms with Gasteiger partial charge in [0.1, 0.15) is 0 Å². The number of carbonyl (C=O) groups is 3. The van der Waals surface area contributed by atoms with E-state index in [0.29, 0.717) is 49.0 Å². The Morgan fingerprint density at radius 3 is 2.12 bits per heavy atom. The Bertz CT molecular complexity index is 1080. The van der Waals surface area contributed by atoms with Crippen molar-refractivity contribution in [3.63, 3.8) is 0 Å². The Hall–Kier alpha value is -3.52. The van der Waals surface area contributed by atoms with Gasteiger partial charge in [0.2, 0.25) is 5.91 Å². The van der Waals surface area contributed by atoms with Crippen molar-refractivity contribution in [3.05, 3.63) is 89.9 Å². The summed E-state index contributed by atoms with van der Waals surface area (Å²) >= 11 is 1.53. The van der Waals surface area contributed by atoms with Crippen LogP contribution in [-0.4, -0.2) is 59.5 Å². The Labute approximate surface area is 196 Å². The summed E-state index contributed by atoms with van der Waals surface area (Å²) in [5.74, 6) is 1.14. The van der Waals surface area contributed by atoms with Crippen LogP contribution in [0.2, 0.25) is 0 Å². The quantitative estimate of drug-likeness (QED) is 0.577. The smallest absolute Gasteiger partial charge is 0.289 e. The van der Waals surface area contributed by atoms with Gasteiger partial charge in [-0.05, 0) is 42.0 Å². The maximum absolute atomic E-state index is 12.8. The van der Waals surface area contributed by atoms with Crippen molar-refractivity contribution in [2.45, 2.75) is 5.75 Å². The number of benzene rings is 2. The molecule has 1 aromatic heterocycles. The number of carbonyl (C=O) groups excluding carboxylic acids is 3. The number of rotatable bonds is 7. The Morgan fingerprint density at radius 2 is 1.48 bits per heavy atom. The van der Waals surface area contributed by atoms with Gasteiger partial charge >= 0.3 is 0 Å². The van der Waals surface area contributed by atoms with E-state index in [4.69, 9.17) is 4.42 Å². The lowest BCUT2D eigenvalue weighted by Crippen LogP contribution is -2.50.